The van der Waals surface area contributed by atoms with Gasteiger partial charge in [-0.05, 0) is 18.6 Å². The molecule has 0 aliphatic heterocycles. The summed E-state index contributed by atoms with van der Waals surface area (Å²) in [6, 6.07) is 3.70. The van der Waals surface area contributed by atoms with Gasteiger partial charge in [-0.3, -0.25) is 4.98 Å². The van der Waals surface area contributed by atoms with E-state index in [1.165, 1.54) is 0 Å². The Morgan fingerprint density at radius 2 is 2.45 bits per heavy atom. The Bertz CT molecular complexity index is 215. The zero-order chi connectivity index (χ0) is 8.32. The van der Waals surface area contributed by atoms with Crippen LogP contribution in [-0.2, 0) is 6.42 Å². The number of rotatable bonds is 2. The van der Waals surface area contributed by atoms with Gasteiger partial charge in [0.1, 0.15) is 5.72 Å². The van der Waals surface area contributed by atoms with Gasteiger partial charge in [0.05, 0.1) is 0 Å². The Kier molecular flexibility index (Phi) is 2.22. The topological polar surface area (TPSA) is 59.1 Å². The quantitative estimate of drug-likeness (QED) is 0.599. The molecule has 0 aliphatic carbocycles. The largest absolute Gasteiger partial charge is 0.376 e. The summed E-state index contributed by atoms with van der Waals surface area (Å²) in [6.45, 7) is 1.57. The number of hydrogen-bond donors (Lipinski definition) is 2. The van der Waals surface area contributed by atoms with Gasteiger partial charge in [0.25, 0.3) is 0 Å². The molecule has 1 aromatic heterocycles. The van der Waals surface area contributed by atoms with Gasteiger partial charge in [-0.25, -0.2) is 0 Å². The molecule has 1 rings (SSSR count). The van der Waals surface area contributed by atoms with Crippen LogP contribution in [0.3, 0.4) is 0 Å². The predicted molar refractivity (Wildman–Crippen MR) is 42.8 cm³/mol. The van der Waals surface area contributed by atoms with Crippen LogP contribution in [0.25, 0.3) is 0 Å². The summed E-state index contributed by atoms with van der Waals surface area (Å²) in [4.78, 5) is 3.90. The van der Waals surface area contributed by atoms with Crippen molar-refractivity contribution in [1.82, 2.24) is 4.98 Å². The van der Waals surface area contributed by atoms with Crippen molar-refractivity contribution in [3.05, 3.63) is 30.1 Å². The van der Waals surface area contributed by atoms with E-state index in [4.69, 9.17) is 5.73 Å². The Hall–Kier alpha value is -0.930. The Balaban J connectivity index is 2.66. The summed E-state index contributed by atoms with van der Waals surface area (Å²) in [5.41, 5.74) is 5.20. The maximum absolute atomic E-state index is 9.22. The van der Waals surface area contributed by atoms with Gasteiger partial charge in [0, 0.05) is 18.8 Å². The van der Waals surface area contributed by atoms with Crippen LogP contribution < -0.4 is 5.73 Å². The van der Waals surface area contributed by atoms with Gasteiger partial charge < -0.3 is 10.8 Å². The summed E-state index contributed by atoms with van der Waals surface area (Å²) < 4.78 is 0. The third kappa shape index (κ3) is 3.11. The molecule has 0 unspecified atom stereocenters. The first-order chi connectivity index (χ1) is 5.08. The van der Waals surface area contributed by atoms with Crippen molar-refractivity contribution in [2.75, 3.05) is 0 Å². The molecule has 0 bridgehead atoms. The third-order valence-corrected chi connectivity index (χ3v) is 1.28. The maximum Gasteiger partial charge on any atom is 0.114 e. The molecule has 3 N–H and O–H groups in total. The first-order valence-corrected chi connectivity index (χ1v) is 3.48. The smallest absolute Gasteiger partial charge is 0.114 e. The van der Waals surface area contributed by atoms with Crippen molar-refractivity contribution in [2.45, 2.75) is 19.1 Å². The first kappa shape index (κ1) is 8.17. The molecular formula is C8H12N2O. The molecule has 1 atom stereocenters. The zero-order valence-electron chi connectivity index (χ0n) is 6.49. The summed E-state index contributed by atoms with van der Waals surface area (Å²) in [7, 11) is 0. The van der Waals surface area contributed by atoms with E-state index in [2.05, 4.69) is 4.98 Å². The van der Waals surface area contributed by atoms with Gasteiger partial charge in [-0.15, -0.1) is 0 Å². The van der Waals surface area contributed by atoms with Crippen LogP contribution in [0.5, 0.6) is 0 Å². The number of aliphatic hydroxyl groups is 1. The Labute approximate surface area is 65.9 Å². The SMILES string of the molecule is C[C@@](N)(O)Cc1cccnc1. The van der Waals surface area contributed by atoms with Crippen molar-refractivity contribution in [3.8, 4) is 0 Å². The van der Waals surface area contributed by atoms with Crippen molar-refractivity contribution in [2.24, 2.45) is 5.73 Å². The van der Waals surface area contributed by atoms with Crippen LogP contribution in [0.2, 0.25) is 0 Å². The molecule has 11 heavy (non-hydrogen) atoms. The van der Waals surface area contributed by atoms with Crippen molar-refractivity contribution in [1.29, 1.82) is 0 Å². The molecule has 60 valence electrons. The predicted octanol–water partition coefficient (Wildman–Crippen LogP) is 0.291. The zero-order valence-corrected chi connectivity index (χ0v) is 6.49. The molecule has 0 aliphatic rings. The third-order valence-electron chi connectivity index (χ3n) is 1.28. The van der Waals surface area contributed by atoms with Crippen LogP contribution >= 0.6 is 0 Å². The number of aromatic nitrogens is 1. The highest BCUT2D eigenvalue weighted by atomic mass is 16.3. The lowest BCUT2D eigenvalue weighted by atomic mass is 10.1. The van der Waals surface area contributed by atoms with Crippen LogP contribution in [0, 0.1) is 0 Å². The normalized spacial score (nSPS) is 15.9. The number of pyridine rings is 1. The fourth-order valence-corrected chi connectivity index (χ4v) is 0.916. The highest BCUT2D eigenvalue weighted by Gasteiger charge is 2.13. The maximum atomic E-state index is 9.22. The van der Waals surface area contributed by atoms with Gasteiger partial charge >= 0.3 is 0 Å². The monoisotopic (exact) mass is 152 g/mol. The second-order valence-corrected chi connectivity index (χ2v) is 2.90. The Morgan fingerprint density at radius 3 is 2.91 bits per heavy atom. The highest BCUT2D eigenvalue weighted by molar-refractivity contribution is 5.10. The lowest BCUT2D eigenvalue weighted by Crippen LogP contribution is -2.37. The van der Waals surface area contributed by atoms with Crippen molar-refractivity contribution in [3.63, 3.8) is 0 Å². The molecule has 0 amide bonds. The first-order valence-electron chi connectivity index (χ1n) is 3.48. The minimum absolute atomic E-state index is 0.431. The van der Waals surface area contributed by atoms with E-state index in [1.807, 2.05) is 12.1 Å². The fourth-order valence-electron chi connectivity index (χ4n) is 0.916. The minimum Gasteiger partial charge on any atom is -0.376 e. The molecule has 3 nitrogen and oxygen atoms in total. The molecule has 0 aromatic carbocycles. The highest BCUT2D eigenvalue weighted by Crippen LogP contribution is 2.05. The van der Waals surface area contributed by atoms with E-state index in [0.717, 1.165) is 5.56 Å². The van der Waals surface area contributed by atoms with Gasteiger partial charge in [-0.1, -0.05) is 6.07 Å². The summed E-state index contributed by atoms with van der Waals surface area (Å²) in [6.07, 6.45) is 3.82. The van der Waals surface area contributed by atoms with Gasteiger partial charge in [0.15, 0.2) is 0 Å². The minimum atomic E-state index is -1.14. The van der Waals surface area contributed by atoms with E-state index in [1.54, 1.807) is 19.3 Å². The van der Waals surface area contributed by atoms with E-state index >= 15 is 0 Å². The van der Waals surface area contributed by atoms with Crippen LogP contribution in [0.1, 0.15) is 12.5 Å². The molecule has 1 aromatic rings. The molecule has 0 fully saturated rings. The second-order valence-electron chi connectivity index (χ2n) is 2.90. The van der Waals surface area contributed by atoms with Crippen LogP contribution in [-0.4, -0.2) is 15.8 Å². The average Bonchev–Trinajstić information content (AvgIpc) is 1.85. The van der Waals surface area contributed by atoms with Crippen molar-refractivity contribution >= 4 is 0 Å². The standard InChI is InChI=1S/C8H12N2O/c1-8(9,11)5-7-3-2-4-10-6-7/h2-4,6,11H,5,9H2,1H3/t8-/m1/s1. The summed E-state index contributed by atoms with van der Waals surface area (Å²) in [5.74, 6) is 0. The number of nitrogens with zero attached hydrogens (tertiary/aromatic N) is 1. The fraction of sp³-hybridized carbons (Fsp3) is 0.375. The van der Waals surface area contributed by atoms with Crippen LogP contribution in [0.4, 0.5) is 0 Å². The van der Waals surface area contributed by atoms with E-state index in [0.29, 0.717) is 6.42 Å². The summed E-state index contributed by atoms with van der Waals surface area (Å²) >= 11 is 0. The van der Waals surface area contributed by atoms with E-state index in [9.17, 15) is 5.11 Å². The number of nitrogens with two attached hydrogens (primary N) is 1. The lowest BCUT2D eigenvalue weighted by Gasteiger charge is -2.16. The molecule has 1 heterocycles. The van der Waals surface area contributed by atoms with Gasteiger partial charge in [0.2, 0.25) is 0 Å². The number of hydrogen-bond acceptors (Lipinski definition) is 3. The van der Waals surface area contributed by atoms with E-state index < -0.39 is 5.72 Å². The molecule has 3 heteroatoms. The molecule has 0 radical (unpaired) electrons. The molecular weight excluding hydrogens is 140 g/mol. The average molecular weight is 152 g/mol. The summed E-state index contributed by atoms with van der Waals surface area (Å²) in [5, 5.41) is 9.22. The molecule has 0 spiro atoms. The lowest BCUT2D eigenvalue weighted by molar-refractivity contribution is 0.0676. The van der Waals surface area contributed by atoms with Gasteiger partial charge in [-0.2, -0.15) is 0 Å². The Morgan fingerprint density at radius 1 is 1.73 bits per heavy atom. The van der Waals surface area contributed by atoms with Crippen molar-refractivity contribution < 1.29 is 5.11 Å². The molecule has 0 saturated heterocycles. The molecule has 0 saturated carbocycles. The van der Waals surface area contributed by atoms with E-state index in [-0.39, 0.29) is 0 Å². The van der Waals surface area contributed by atoms with Crippen LogP contribution in [0.15, 0.2) is 24.5 Å². The second kappa shape index (κ2) is 2.98.